The van der Waals surface area contributed by atoms with Gasteiger partial charge in [-0.1, -0.05) is 24.3 Å². The fourth-order valence-corrected chi connectivity index (χ4v) is 2.43. The van der Waals surface area contributed by atoms with Gasteiger partial charge in [-0.25, -0.2) is 4.98 Å². The van der Waals surface area contributed by atoms with Gasteiger partial charge in [0.05, 0.1) is 5.92 Å². The molecule has 2 heterocycles. The lowest BCUT2D eigenvalue weighted by molar-refractivity contribution is -0.117. The number of hydrogen-bond donors (Lipinski definition) is 3. The fourth-order valence-electron chi connectivity index (χ4n) is 2.43. The van der Waals surface area contributed by atoms with Crippen LogP contribution < -0.4 is 10.6 Å². The van der Waals surface area contributed by atoms with E-state index in [4.69, 9.17) is 0 Å². The molecular weight excluding hydrogens is 254 g/mol. The van der Waals surface area contributed by atoms with Crippen molar-refractivity contribution in [3.8, 4) is 5.75 Å². The molecule has 20 heavy (non-hydrogen) atoms. The maximum atomic E-state index is 12.4. The lowest BCUT2D eigenvalue weighted by Crippen LogP contribution is -2.35. The van der Waals surface area contributed by atoms with E-state index in [-0.39, 0.29) is 23.4 Å². The van der Waals surface area contributed by atoms with E-state index < -0.39 is 0 Å². The Morgan fingerprint density at radius 3 is 3.00 bits per heavy atom. The predicted molar refractivity (Wildman–Crippen MR) is 75.4 cm³/mol. The lowest BCUT2D eigenvalue weighted by Gasteiger charge is -2.25. The maximum absolute atomic E-state index is 12.4. The second-order valence-corrected chi connectivity index (χ2v) is 4.74. The molecular formula is C15H15N3O2. The minimum atomic E-state index is -0.277. The van der Waals surface area contributed by atoms with Crippen molar-refractivity contribution in [3.05, 3.63) is 53.7 Å². The van der Waals surface area contributed by atoms with Crippen molar-refractivity contribution in [1.82, 2.24) is 10.3 Å². The summed E-state index contributed by atoms with van der Waals surface area (Å²) in [5.41, 5.74) is 2.16. The van der Waals surface area contributed by atoms with E-state index in [0.29, 0.717) is 6.54 Å². The number of amides is 1. The SMILES string of the molecule is O=C(Nc1ncccc1O)C1CNCc2ccccc21. The number of anilines is 1. The van der Waals surface area contributed by atoms with Crippen molar-refractivity contribution in [2.45, 2.75) is 12.5 Å². The molecule has 1 aliphatic heterocycles. The zero-order valence-electron chi connectivity index (χ0n) is 10.8. The van der Waals surface area contributed by atoms with Gasteiger partial charge in [-0.3, -0.25) is 4.79 Å². The van der Waals surface area contributed by atoms with Crippen molar-refractivity contribution >= 4 is 11.7 Å². The van der Waals surface area contributed by atoms with Crippen LogP contribution in [-0.2, 0) is 11.3 Å². The van der Waals surface area contributed by atoms with Gasteiger partial charge in [-0.15, -0.1) is 0 Å². The van der Waals surface area contributed by atoms with Crippen LogP contribution in [0, 0.1) is 0 Å². The van der Waals surface area contributed by atoms with E-state index in [1.807, 2.05) is 24.3 Å². The van der Waals surface area contributed by atoms with Crippen LogP contribution in [0.25, 0.3) is 0 Å². The Kier molecular flexibility index (Phi) is 3.35. The molecule has 0 bridgehead atoms. The first-order chi connectivity index (χ1) is 9.75. The zero-order chi connectivity index (χ0) is 13.9. The lowest BCUT2D eigenvalue weighted by atomic mass is 9.90. The first kappa shape index (κ1) is 12.6. The van der Waals surface area contributed by atoms with Crippen molar-refractivity contribution in [2.75, 3.05) is 11.9 Å². The Morgan fingerprint density at radius 1 is 1.30 bits per heavy atom. The molecule has 0 radical (unpaired) electrons. The largest absolute Gasteiger partial charge is 0.504 e. The Hall–Kier alpha value is -2.40. The van der Waals surface area contributed by atoms with Crippen LogP contribution in [0.3, 0.4) is 0 Å². The highest BCUT2D eigenvalue weighted by molar-refractivity contribution is 5.96. The van der Waals surface area contributed by atoms with Crippen molar-refractivity contribution in [2.24, 2.45) is 0 Å². The molecule has 1 amide bonds. The van der Waals surface area contributed by atoms with E-state index in [1.54, 1.807) is 6.07 Å². The third-order valence-corrected chi connectivity index (χ3v) is 3.44. The van der Waals surface area contributed by atoms with Crippen LogP contribution >= 0.6 is 0 Å². The number of carbonyl (C=O) groups is 1. The number of pyridine rings is 1. The van der Waals surface area contributed by atoms with Gasteiger partial charge in [0.2, 0.25) is 5.91 Å². The normalized spacial score (nSPS) is 17.3. The second kappa shape index (κ2) is 5.30. The highest BCUT2D eigenvalue weighted by Crippen LogP contribution is 2.26. The smallest absolute Gasteiger partial charge is 0.234 e. The van der Waals surface area contributed by atoms with Gasteiger partial charge in [0.1, 0.15) is 0 Å². The molecule has 0 spiro atoms. The summed E-state index contributed by atoms with van der Waals surface area (Å²) in [6, 6.07) is 11.0. The molecule has 1 aliphatic rings. The van der Waals surface area contributed by atoms with Gasteiger partial charge in [-0.2, -0.15) is 0 Å². The summed E-state index contributed by atoms with van der Waals surface area (Å²) in [5, 5.41) is 15.6. The van der Waals surface area contributed by atoms with E-state index in [9.17, 15) is 9.90 Å². The summed E-state index contributed by atoms with van der Waals surface area (Å²) in [6.07, 6.45) is 1.53. The molecule has 0 saturated heterocycles. The summed E-state index contributed by atoms with van der Waals surface area (Å²) in [5.74, 6) is -0.279. The van der Waals surface area contributed by atoms with Crippen molar-refractivity contribution < 1.29 is 9.90 Å². The summed E-state index contributed by atoms with van der Waals surface area (Å²) < 4.78 is 0. The van der Waals surface area contributed by atoms with E-state index in [2.05, 4.69) is 15.6 Å². The number of nitrogens with zero attached hydrogens (tertiary/aromatic N) is 1. The number of fused-ring (bicyclic) bond motifs is 1. The molecule has 1 unspecified atom stereocenters. The zero-order valence-corrected chi connectivity index (χ0v) is 10.8. The summed E-state index contributed by atoms with van der Waals surface area (Å²) in [4.78, 5) is 16.3. The van der Waals surface area contributed by atoms with E-state index >= 15 is 0 Å². The molecule has 2 aromatic rings. The van der Waals surface area contributed by atoms with Gasteiger partial charge in [0, 0.05) is 19.3 Å². The number of hydrogen-bond acceptors (Lipinski definition) is 4. The van der Waals surface area contributed by atoms with Crippen LogP contribution in [0.2, 0.25) is 0 Å². The number of aromatic nitrogens is 1. The molecule has 5 nitrogen and oxygen atoms in total. The molecule has 1 atom stereocenters. The van der Waals surface area contributed by atoms with Crippen LogP contribution in [0.5, 0.6) is 5.75 Å². The average Bonchev–Trinajstić information content (AvgIpc) is 2.49. The van der Waals surface area contributed by atoms with Crippen LogP contribution in [0.15, 0.2) is 42.6 Å². The van der Waals surface area contributed by atoms with Gasteiger partial charge in [0.15, 0.2) is 11.6 Å². The van der Waals surface area contributed by atoms with Crippen molar-refractivity contribution in [1.29, 1.82) is 0 Å². The minimum absolute atomic E-state index is 0.0297. The molecule has 0 saturated carbocycles. The maximum Gasteiger partial charge on any atom is 0.234 e. The fraction of sp³-hybridized carbons (Fsp3) is 0.200. The highest BCUT2D eigenvalue weighted by atomic mass is 16.3. The Balaban J connectivity index is 1.84. The number of aromatic hydroxyl groups is 1. The Morgan fingerprint density at radius 2 is 2.15 bits per heavy atom. The summed E-state index contributed by atoms with van der Waals surface area (Å²) >= 11 is 0. The number of carbonyl (C=O) groups excluding carboxylic acids is 1. The Bertz CT molecular complexity index is 643. The monoisotopic (exact) mass is 269 g/mol. The number of nitrogens with one attached hydrogen (secondary N) is 2. The van der Waals surface area contributed by atoms with E-state index in [0.717, 1.165) is 17.7 Å². The van der Waals surface area contributed by atoms with Crippen LogP contribution in [-0.4, -0.2) is 22.5 Å². The third kappa shape index (κ3) is 2.35. The molecule has 0 fully saturated rings. The van der Waals surface area contributed by atoms with Gasteiger partial charge < -0.3 is 15.7 Å². The second-order valence-electron chi connectivity index (χ2n) is 4.74. The first-order valence-corrected chi connectivity index (χ1v) is 6.49. The average molecular weight is 269 g/mol. The molecule has 3 rings (SSSR count). The van der Waals surface area contributed by atoms with Crippen molar-refractivity contribution in [3.63, 3.8) is 0 Å². The molecule has 0 aliphatic carbocycles. The molecule has 5 heteroatoms. The molecule has 1 aromatic carbocycles. The molecule has 1 aromatic heterocycles. The van der Waals surface area contributed by atoms with Crippen LogP contribution in [0.1, 0.15) is 17.0 Å². The van der Waals surface area contributed by atoms with Crippen LogP contribution in [0.4, 0.5) is 5.82 Å². The molecule has 102 valence electrons. The van der Waals surface area contributed by atoms with Gasteiger partial charge in [-0.05, 0) is 23.3 Å². The molecule has 3 N–H and O–H groups in total. The summed E-state index contributed by atoms with van der Waals surface area (Å²) in [7, 11) is 0. The van der Waals surface area contributed by atoms with Gasteiger partial charge in [0.25, 0.3) is 0 Å². The topological polar surface area (TPSA) is 74.2 Å². The summed E-state index contributed by atoms with van der Waals surface area (Å²) in [6.45, 7) is 1.35. The first-order valence-electron chi connectivity index (χ1n) is 6.49. The third-order valence-electron chi connectivity index (χ3n) is 3.44. The number of benzene rings is 1. The Labute approximate surface area is 116 Å². The quantitative estimate of drug-likeness (QED) is 0.774. The predicted octanol–water partition coefficient (Wildman–Crippen LogP) is 1.61. The number of rotatable bonds is 2. The minimum Gasteiger partial charge on any atom is -0.504 e. The van der Waals surface area contributed by atoms with E-state index in [1.165, 1.54) is 12.3 Å². The highest BCUT2D eigenvalue weighted by Gasteiger charge is 2.26. The van der Waals surface area contributed by atoms with Gasteiger partial charge >= 0.3 is 0 Å². The standard InChI is InChI=1S/C15H15N3O2/c19-13-6-3-7-17-14(13)18-15(20)12-9-16-8-10-4-1-2-5-11(10)12/h1-7,12,16,19H,8-9H2,(H,17,18,20).